The van der Waals surface area contributed by atoms with E-state index in [-0.39, 0.29) is 36.0 Å². The van der Waals surface area contributed by atoms with E-state index in [1.54, 1.807) is 4.57 Å². The minimum atomic E-state index is -0.670. The van der Waals surface area contributed by atoms with Gasteiger partial charge in [-0.05, 0) is 149 Å². The number of pyridine rings is 2. The van der Waals surface area contributed by atoms with Gasteiger partial charge in [-0.1, -0.05) is 18.2 Å². The topological polar surface area (TPSA) is 160 Å². The van der Waals surface area contributed by atoms with Crippen molar-refractivity contribution in [3.8, 4) is 11.1 Å². The van der Waals surface area contributed by atoms with Crippen LogP contribution in [0, 0.1) is 5.92 Å². The summed E-state index contributed by atoms with van der Waals surface area (Å²) in [5.74, 6) is 1.02. The van der Waals surface area contributed by atoms with Crippen LogP contribution in [-0.4, -0.2) is 119 Å². The second kappa shape index (κ2) is 18.6. The van der Waals surface area contributed by atoms with Crippen LogP contribution in [0.15, 0.2) is 83.9 Å². The van der Waals surface area contributed by atoms with Crippen LogP contribution in [0.2, 0.25) is 0 Å². The number of nitrogens with zero attached hydrogens (tertiary/aromatic N) is 9. The average molecular weight is 932 g/mol. The number of carbonyl (C=O) groups excluding carboxylic acids is 3. The van der Waals surface area contributed by atoms with Crippen LogP contribution in [0.3, 0.4) is 0 Å². The number of imidazole rings is 1. The van der Waals surface area contributed by atoms with Gasteiger partial charge in [-0.2, -0.15) is 0 Å². The molecule has 4 saturated heterocycles. The first-order valence-corrected chi connectivity index (χ1v) is 25.3. The zero-order valence-corrected chi connectivity index (χ0v) is 40.2. The Kier molecular flexibility index (Phi) is 12.2. The van der Waals surface area contributed by atoms with Gasteiger partial charge in [0.15, 0.2) is 0 Å². The molecule has 11 rings (SSSR count). The highest BCUT2D eigenvalue weighted by Crippen LogP contribution is 2.39. The number of aryl methyl sites for hydroxylation is 1. The zero-order chi connectivity index (χ0) is 47.5. The predicted octanol–water partition coefficient (Wildman–Crippen LogP) is 6.65. The van der Waals surface area contributed by atoms with Crippen LogP contribution in [-0.2, 0) is 23.2 Å². The van der Waals surface area contributed by atoms with E-state index >= 15 is 0 Å². The van der Waals surface area contributed by atoms with Crippen molar-refractivity contribution in [1.82, 2.24) is 48.6 Å². The van der Waals surface area contributed by atoms with E-state index in [0.29, 0.717) is 30.1 Å². The number of carbonyl (C=O) groups is 3. The number of amides is 3. The molecular formula is C54H65N11O4. The third-order valence-electron chi connectivity index (χ3n) is 16.3. The van der Waals surface area contributed by atoms with Gasteiger partial charge < -0.3 is 15.2 Å². The summed E-state index contributed by atoms with van der Waals surface area (Å²) in [6, 6.07) is 23.1. The number of aromatic nitrogens is 5. The summed E-state index contributed by atoms with van der Waals surface area (Å²) in [4.78, 5) is 71.1. The molecule has 15 heteroatoms. The number of nitrogen functional groups attached to an aromatic ring is 1. The highest BCUT2D eigenvalue weighted by Gasteiger charge is 2.36. The first-order chi connectivity index (χ1) is 33.5. The smallest absolute Gasteiger partial charge is 0.330 e. The number of imide groups is 1. The zero-order valence-electron chi connectivity index (χ0n) is 40.2. The summed E-state index contributed by atoms with van der Waals surface area (Å²) in [7, 11) is 2.12. The minimum Gasteiger partial charge on any atom is -0.384 e. The number of nitrogens with one attached hydrogen (secondary N) is 1. The minimum absolute atomic E-state index is 0.144. The first kappa shape index (κ1) is 45.3. The molecule has 0 spiro atoms. The number of benzene rings is 2. The fraction of sp³-hybridized carbons (Fsp3) is 0.481. The van der Waals surface area contributed by atoms with Gasteiger partial charge in [0.25, 0.3) is 5.91 Å². The molecule has 1 unspecified atom stereocenters. The van der Waals surface area contributed by atoms with Gasteiger partial charge in [-0.15, -0.1) is 0 Å². The average Bonchev–Trinajstić information content (AvgIpc) is 4.08. The lowest BCUT2D eigenvalue weighted by Gasteiger charge is -2.42. The molecule has 5 aliphatic rings. The maximum absolute atomic E-state index is 13.8. The maximum atomic E-state index is 13.8. The number of likely N-dealkylation sites (tertiary alicyclic amines) is 2. The van der Waals surface area contributed by atoms with Gasteiger partial charge in [-0.3, -0.25) is 43.5 Å². The molecule has 1 aliphatic carbocycles. The fourth-order valence-electron chi connectivity index (χ4n) is 12.0. The van der Waals surface area contributed by atoms with Crippen molar-refractivity contribution in [3.63, 3.8) is 0 Å². The van der Waals surface area contributed by atoms with Crippen molar-refractivity contribution in [2.24, 2.45) is 13.0 Å². The predicted molar refractivity (Wildman–Crippen MR) is 268 cm³/mol. The molecular weight excluding hydrogens is 867 g/mol. The van der Waals surface area contributed by atoms with Crippen LogP contribution in [0.5, 0.6) is 0 Å². The number of anilines is 1. The number of hydrogen-bond acceptors (Lipinski definition) is 10. The Morgan fingerprint density at radius 1 is 0.826 bits per heavy atom. The molecule has 6 aromatic rings. The molecule has 360 valence electrons. The highest BCUT2D eigenvalue weighted by molar-refractivity contribution is 6.00. The van der Waals surface area contributed by atoms with Crippen LogP contribution in [0.4, 0.5) is 5.82 Å². The Morgan fingerprint density at radius 2 is 1.61 bits per heavy atom. The standard InChI is InChI=1S/C54H65N11O4/c1-34-31-60(32-37-4-12-45-48(28-37)64(42-10-11-42)54(69)65(45)46-13-15-50(66)58-52(46)67)26-27-63(34)33-36-17-22-62(23-18-36)53(68)40-7-5-38(6-8-40)39-19-24-61(25-20-39)35(2)47-29-44-43(16-21-56-51(44)59(47)3)41-9-14-49(55)57-30-41/h4-9,12,14,16,21,28-30,34-36,39,42,46H,10-11,13,15,17-20,22-27,31-33H2,1-3H3,(H2,55,57)(H,58,66,67)/t34-,35-,46?/m0/s1. The second-order valence-corrected chi connectivity index (χ2v) is 20.7. The quantitative estimate of drug-likeness (QED) is 0.135. The van der Waals surface area contributed by atoms with Crippen molar-refractivity contribution in [2.45, 2.75) is 102 Å². The van der Waals surface area contributed by atoms with E-state index < -0.39 is 11.9 Å². The number of hydrogen-bond donors (Lipinski definition) is 2. The highest BCUT2D eigenvalue weighted by atomic mass is 16.2. The van der Waals surface area contributed by atoms with E-state index in [0.717, 1.165) is 142 Å². The molecule has 1 saturated carbocycles. The lowest BCUT2D eigenvalue weighted by Crippen LogP contribution is -2.53. The molecule has 0 bridgehead atoms. The summed E-state index contributed by atoms with van der Waals surface area (Å²) >= 11 is 0. The molecule has 8 heterocycles. The second-order valence-electron chi connectivity index (χ2n) is 20.7. The third-order valence-corrected chi connectivity index (χ3v) is 16.3. The molecule has 4 aromatic heterocycles. The lowest BCUT2D eigenvalue weighted by atomic mass is 9.88. The van der Waals surface area contributed by atoms with Crippen LogP contribution < -0.4 is 16.7 Å². The molecule has 3 N–H and O–H groups in total. The van der Waals surface area contributed by atoms with Gasteiger partial charge in [-0.25, -0.2) is 14.8 Å². The molecule has 3 atom stereocenters. The van der Waals surface area contributed by atoms with Crippen molar-refractivity contribution in [1.29, 1.82) is 0 Å². The Bertz CT molecular complexity index is 2950. The van der Waals surface area contributed by atoms with E-state index in [9.17, 15) is 19.2 Å². The number of fused-ring (bicyclic) bond motifs is 2. The first-order valence-electron chi connectivity index (χ1n) is 25.3. The Labute approximate surface area is 403 Å². The fourth-order valence-corrected chi connectivity index (χ4v) is 12.0. The maximum Gasteiger partial charge on any atom is 0.330 e. The summed E-state index contributed by atoms with van der Waals surface area (Å²) in [5.41, 5.74) is 15.0. The van der Waals surface area contributed by atoms with E-state index in [2.05, 4.69) is 104 Å². The van der Waals surface area contributed by atoms with E-state index in [1.165, 1.54) is 11.3 Å². The molecule has 0 radical (unpaired) electrons. The normalized spacial score (nSPS) is 22.2. The summed E-state index contributed by atoms with van der Waals surface area (Å²) < 4.78 is 5.74. The van der Waals surface area contributed by atoms with Crippen molar-refractivity contribution in [2.75, 3.05) is 58.1 Å². The Balaban J connectivity index is 0.645. The van der Waals surface area contributed by atoms with Crippen molar-refractivity contribution >= 4 is 45.6 Å². The molecule has 3 amide bonds. The third kappa shape index (κ3) is 8.89. The number of piperidine rings is 3. The van der Waals surface area contributed by atoms with Crippen LogP contribution >= 0.6 is 0 Å². The van der Waals surface area contributed by atoms with E-state index in [4.69, 9.17) is 10.7 Å². The van der Waals surface area contributed by atoms with Gasteiger partial charge in [0.1, 0.15) is 17.5 Å². The van der Waals surface area contributed by atoms with Crippen LogP contribution in [0.1, 0.15) is 116 Å². The molecule has 2 aromatic carbocycles. The largest absolute Gasteiger partial charge is 0.384 e. The van der Waals surface area contributed by atoms with Gasteiger partial charge in [0.05, 0.1) is 11.0 Å². The van der Waals surface area contributed by atoms with Crippen molar-refractivity contribution < 1.29 is 14.4 Å². The van der Waals surface area contributed by atoms with Crippen molar-refractivity contribution in [3.05, 3.63) is 112 Å². The van der Waals surface area contributed by atoms with Crippen LogP contribution in [0.25, 0.3) is 33.2 Å². The Hall–Kier alpha value is -6.16. The van der Waals surface area contributed by atoms with Gasteiger partial charge in [0.2, 0.25) is 11.8 Å². The van der Waals surface area contributed by atoms with Gasteiger partial charge in [0, 0.05) is 112 Å². The summed E-state index contributed by atoms with van der Waals surface area (Å²) in [6.45, 7) is 13.0. The number of nitrogens with two attached hydrogens (primary N) is 1. The van der Waals surface area contributed by atoms with E-state index in [1.807, 2.05) is 35.2 Å². The Morgan fingerprint density at radius 3 is 2.32 bits per heavy atom. The summed E-state index contributed by atoms with van der Waals surface area (Å²) in [6.07, 6.45) is 10.4. The molecule has 15 nitrogen and oxygen atoms in total. The molecule has 4 aliphatic heterocycles. The number of piperazine rings is 1. The number of rotatable bonds is 11. The van der Waals surface area contributed by atoms with Gasteiger partial charge >= 0.3 is 5.69 Å². The lowest BCUT2D eigenvalue weighted by molar-refractivity contribution is -0.135. The molecule has 69 heavy (non-hydrogen) atoms. The summed E-state index contributed by atoms with van der Waals surface area (Å²) in [5, 5.41) is 3.55. The molecule has 5 fully saturated rings. The monoisotopic (exact) mass is 932 g/mol. The SMILES string of the molecule is C[C@H]1CN(Cc2ccc3c(c2)n(C2CC2)c(=O)n3C2CCC(=O)NC2=O)CCN1CC1CCN(C(=O)c2ccc(C3CCN([C@@H](C)c4cc5c(-c6ccc(N)nc6)ccnc5n4C)CC3)cc2)CC1.